The van der Waals surface area contributed by atoms with E-state index in [0.29, 0.717) is 6.54 Å². The van der Waals surface area contributed by atoms with Gasteiger partial charge in [-0.15, -0.1) is 10.2 Å². The molecule has 0 aliphatic carbocycles. The van der Waals surface area contributed by atoms with Gasteiger partial charge in [0.1, 0.15) is 17.4 Å². The average molecular weight is 343 g/mol. The molecule has 1 N–H and O–H groups in total. The van der Waals surface area contributed by atoms with Crippen LogP contribution in [-0.4, -0.2) is 38.8 Å². The first kappa shape index (κ1) is 16.2. The summed E-state index contributed by atoms with van der Waals surface area (Å²) < 4.78 is 7.76. The van der Waals surface area contributed by atoms with Crippen molar-refractivity contribution in [3.05, 3.63) is 35.8 Å². The number of aryl methyl sites for hydroxylation is 1. The van der Waals surface area contributed by atoms with Crippen molar-refractivity contribution >= 4 is 6.03 Å². The van der Waals surface area contributed by atoms with Crippen molar-refractivity contribution < 1.29 is 9.21 Å². The maximum absolute atomic E-state index is 12.7. The molecule has 4 rings (SSSR count). The smallest absolute Gasteiger partial charge is 0.318 e. The number of fused-ring (bicyclic) bond motifs is 1. The molecule has 0 radical (unpaired) electrons. The SMILES string of the molecule is O=C(NCCc1nnc2n1CCC2)N1CCCCC[C@H]1c1ccco1. The van der Waals surface area contributed by atoms with Crippen molar-refractivity contribution in [3.63, 3.8) is 0 Å². The van der Waals surface area contributed by atoms with Crippen LogP contribution >= 0.6 is 0 Å². The molecule has 0 bridgehead atoms. The number of amides is 2. The fourth-order valence-corrected chi connectivity index (χ4v) is 3.91. The number of urea groups is 1. The first-order valence-electron chi connectivity index (χ1n) is 9.32. The summed E-state index contributed by atoms with van der Waals surface area (Å²) >= 11 is 0. The van der Waals surface area contributed by atoms with Crippen molar-refractivity contribution in [1.82, 2.24) is 25.0 Å². The minimum absolute atomic E-state index is 0.00976. The molecular formula is C18H25N5O2. The van der Waals surface area contributed by atoms with Gasteiger partial charge in [0.05, 0.1) is 12.3 Å². The highest BCUT2D eigenvalue weighted by Gasteiger charge is 2.28. The summed E-state index contributed by atoms with van der Waals surface area (Å²) in [5.74, 6) is 2.94. The topological polar surface area (TPSA) is 76.2 Å². The summed E-state index contributed by atoms with van der Waals surface area (Å²) in [7, 11) is 0. The van der Waals surface area contributed by atoms with E-state index >= 15 is 0 Å². The van der Waals surface area contributed by atoms with Crippen LogP contribution in [0.2, 0.25) is 0 Å². The number of carbonyl (C=O) groups is 1. The van der Waals surface area contributed by atoms with Crippen LogP contribution in [0.1, 0.15) is 55.6 Å². The molecule has 1 atom stereocenters. The second-order valence-electron chi connectivity index (χ2n) is 6.84. The number of rotatable bonds is 4. The third-order valence-corrected chi connectivity index (χ3v) is 5.20. The molecule has 2 aliphatic rings. The van der Waals surface area contributed by atoms with Gasteiger partial charge in [0.2, 0.25) is 0 Å². The number of aromatic nitrogens is 3. The first-order chi connectivity index (χ1) is 12.3. The van der Waals surface area contributed by atoms with Crippen LogP contribution in [0.3, 0.4) is 0 Å². The minimum Gasteiger partial charge on any atom is -0.467 e. The Bertz CT molecular complexity index is 709. The molecule has 0 saturated carbocycles. The summed E-state index contributed by atoms with van der Waals surface area (Å²) in [6, 6.07) is 3.89. The van der Waals surface area contributed by atoms with Gasteiger partial charge in [0, 0.05) is 32.5 Å². The maximum atomic E-state index is 12.7. The highest BCUT2D eigenvalue weighted by molar-refractivity contribution is 5.74. The lowest BCUT2D eigenvalue weighted by molar-refractivity contribution is 0.166. The van der Waals surface area contributed by atoms with E-state index in [0.717, 1.165) is 75.4 Å². The predicted octanol–water partition coefficient (Wildman–Crippen LogP) is 2.69. The third-order valence-electron chi connectivity index (χ3n) is 5.20. The number of carbonyl (C=O) groups excluding carboxylic acids is 1. The number of furan rings is 1. The van der Waals surface area contributed by atoms with E-state index in [1.807, 2.05) is 17.0 Å². The van der Waals surface area contributed by atoms with E-state index < -0.39 is 0 Å². The Labute approximate surface area is 147 Å². The Hall–Kier alpha value is -2.31. The minimum atomic E-state index is -0.00976. The molecule has 134 valence electrons. The zero-order valence-corrected chi connectivity index (χ0v) is 14.5. The van der Waals surface area contributed by atoms with Gasteiger partial charge in [-0.3, -0.25) is 0 Å². The Morgan fingerprint density at radius 1 is 1.24 bits per heavy atom. The molecule has 2 aliphatic heterocycles. The Morgan fingerprint density at radius 3 is 3.08 bits per heavy atom. The van der Waals surface area contributed by atoms with Gasteiger partial charge < -0.3 is 19.2 Å². The summed E-state index contributed by atoms with van der Waals surface area (Å²) in [5.41, 5.74) is 0. The van der Waals surface area contributed by atoms with Crippen molar-refractivity contribution in [2.45, 2.75) is 57.5 Å². The highest BCUT2D eigenvalue weighted by atomic mass is 16.3. The van der Waals surface area contributed by atoms with E-state index in [-0.39, 0.29) is 12.1 Å². The Morgan fingerprint density at radius 2 is 2.20 bits per heavy atom. The standard InChI is InChI=1S/C18H25N5O2/c24-18(19-10-9-17-21-20-16-8-4-12-23(16)17)22-11-3-1-2-6-14(22)15-7-5-13-25-15/h5,7,13-14H,1-4,6,8-12H2,(H,19,24)/t14-/m0/s1. The van der Waals surface area contributed by atoms with Gasteiger partial charge in [0.15, 0.2) is 0 Å². The lowest BCUT2D eigenvalue weighted by Crippen LogP contribution is -2.42. The number of hydrogen-bond acceptors (Lipinski definition) is 4. The summed E-state index contributed by atoms with van der Waals surface area (Å²) in [5, 5.41) is 11.5. The van der Waals surface area contributed by atoms with Gasteiger partial charge in [-0.25, -0.2) is 4.79 Å². The van der Waals surface area contributed by atoms with Gasteiger partial charge >= 0.3 is 6.03 Å². The van der Waals surface area contributed by atoms with Gasteiger partial charge in [-0.1, -0.05) is 12.8 Å². The monoisotopic (exact) mass is 343 g/mol. The second kappa shape index (κ2) is 7.29. The number of hydrogen-bond donors (Lipinski definition) is 1. The molecule has 2 aromatic rings. The summed E-state index contributed by atoms with van der Waals surface area (Å²) in [6.45, 7) is 2.36. The van der Waals surface area contributed by atoms with E-state index in [2.05, 4.69) is 20.1 Å². The molecule has 2 amide bonds. The lowest BCUT2D eigenvalue weighted by Gasteiger charge is -2.28. The maximum Gasteiger partial charge on any atom is 0.318 e. The predicted molar refractivity (Wildman–Crippen MR) is 92.1 cm³/mol. The second-order valence-corrected chi connectivity index (χ2v) is 6.84. The molecule has 4 heterocycles. The van der Waals surface area contributed by atoms with E-state index in [4.69, 9.17) is 4.42 Å². The summed E-state index contributed by atoms with van der Waals surface area (Å²) in [6.07, 6.45) is 8.84. The van der Waals surface area contributed by atoms with Crippen LogP contribution in [0, 0.1) is 0 Å². The van der Waals surface area contributed by atoms with Gasteiger partial charge in [0.25, 0.3) is 0 Å². The van der Waals surface area contributed by atoms with Crippen LogP contribution in [-0.2, 0) is 19.4 Å². The van der Waals surface area contributed by atoms with E-state index in [9.17, 15) is 4.79 Å². The molecule has 7 nitrogen and oxygen atoms in total. The molecule has 1 fully saturated rings. The molecule has 2 aromatic heterocycles. The number of nitrogens with zero attached hydrogens (tertiary/aromatic N) is 4. The van der Waals surface area contributed by atoms with Gasteiger partial charge in [-0.05, 0) is 31.4 Å². The quantitative estimate of drug-likeness (QED) is 0.926. The van der Waals surface area contributed by atoms with Crippen LogP contribution in [0.15, 0.2) is 22.8 Å². The Balaban J connectivity index is 1.37. The van der Waals surface area contributed by atoms with E-state index in [1.165, 1.54) is 0 Å². The molecule has 0 spiro atoms. The molecule has 0 aromatic carbocycles. The largest absolute Gasteiger partial charge is 0.467 e. The lowest BCUT2D eigenvalue weighted by atomic mass is 10.1. The zero-order chi connectivity index (χ0) is 17.1. The Kier molecular flexibility index (Phi) is 4.72. The normalized spacial score (nSPS) is 20.3. The molecule has 25 heavy (non-hydrogen) atoms. The third kappa shape index (κ3) is 3.41. The molecule has 0 unspecified atom stereocenters. The zero-order valence-electron chi connectivity index (χ0n) is 14.5. The van der Waals surface area contributed by atoms with Crippen molar-refractivity contribution in [3.8, 4) is 0 Å². The van der Waals surface area contributed by atoms with Crippen LogP contribution in [0.25, 0.3) is 0 Å². The van der Waals surface area contributed by atoms with Crippen molar-refractivity contribution in [2.75, 3.05) is 13.1 Å². The first-order valence-corrected chi connectivity index (χ1v) is 9.32. The van der Waals surface area contributed by atoms with Crippen molar-refractivity contribution in [1.29, 1.82) is 0 Å². The summed E-state index contributed by atoms with van der Waals surface area (Å²) in [4.78, 5) is 14.7. The number of likely N-dealkylation sites (tertiary alicyclic amines) is 1. The fraction of sp³-hybridized carbons (Fsp3) is 0.611. The van der Waals surface area contributed by atoms with Gasteiger partial charge in [-0.2, -0.15) is 0 Å². The fourth-order valence-electron chi connectivity index (χ4n) is 3.91. The van der Waals surface area contributed by atoms with Crippen LogP contribution in [0.5, 0.6) is 0 Å². The molecule has 1 saturated heterocycles. The van der Waals surface area contributed by atoms with E-state index in [1.54, 1.807) is 6.26 Å². The molecule has 7 heteroatoms. The number of nitrogens with one attached hydrogen (secondary N) is 1. The average Bonchev–Trinajstić information content (AvgIpc) is 3.32. The van der Waals surface area contributed by atoms with Crippen molar-refractivity contribution in [2.24, 2.45) is 0 Å². The van der Waals surface area contributed by atoms with Crippen LogP contribution < -0.4 is 5.32 Å². The van der Waals surface area contributed by atoms with Crippen LogP contribution in [0.4, 0.5) is 4.79 Å². The highest BCUT2D eigenvalue weighted by Crippen LogP contribution is 2.30. The molecular weight excluding hydrogens is 318 g/mol.